The predicted molar refractivity (Wildman–Crippen MR) is 54.9 cm³/mol. The van der Waals surface area contributed by atoms with E-state index in [9.17, 15) is 4.79 Å². The van der Waals surface area contributed by atoms with Gasteiger partial charge in [-0.3, -0.25) is 0 Å². The average Bonchev–Trinajstić information content (AvgIpc) is 2.76. The van der Waals surface area contributed by atoms with E-state index in [0.29, 0.717) is 5.92 Å². The van der Waals surface area contributed by atoms with E-state index in [1.807, 2.05) is 9.80 Å². The third kappa shape index (κ3) is 1.71. The number of carbonyl (C=O) groups excluding carboxylic acids is 1. The van der Waals surface area contributed by atoms with Crippen LogP contribution in [0.3, 0.4) is 0 Å². The third-order valence-corrected chi connectivity index (χ3v) is 3.32. The number of nitrogens with zero attached hydrogens (tertiary/aromatic N) is 2. The Balaban J connectivity index is 1.92. The minimum Gasteiger partial charge on any atom is -0.326 e. The van der Waals surface area contributed by atoms with Gasteiger partial charge < -0.3 is 15.5 Å². The lowest BCUT2D eigenvalue weighted by Gasteiger charge is -2.23. The molecule has 0 aromatic rings. The lowest BCUT2D eigenvalue weighted by atomic mass is 10.1. The van der Waals surface area contributed by atoms with Crippen molar-refractivity contribution in [2.45, 2.75) is 25.8 Å². The van der Waals surface area contributed by atoms with Gasteiger partial charge in [0, 0.05) is 32.2 Å². The van der Waals surface area contributed by atoms with E-state index in [2.05, 4.69) is 6.92 Å². The molecule has 2 heterocycles. The standard InChI is InChI=1S/C10H19N3O/c1-8-6-13(7-9(8)11)10(14)12-4-2-3-5-12/h8-9H,2-7,11H2,1H3. The Morgan fingerprint density at radius 3 is 2.36 bits per heavy atom. The first kappa shape index (κ1) is 9.77. The molecule has 80 valence electrons. The smallest absolute Gasteiger partial charge is 0.320 e. The molecule has 2 aliphatic heterocycles. The van der Waals surface area contributed by atoms with E-state index in [-0.39, 0.29) is 12.1 Å². The number of hydrogen-bond donors (Lipinski definition) is 1. The van der Waals surface area contributed by atoms with Crippen molar-refractivity contribution in [3.05, 3.63) is 0 Å². The molecule has 0 aliphatic carbocycles. The second-order valence-electron chi connectivity index (χ2n) is 4.52. The number of amides is 2. The Bertz CT molecular complexity index is 215. The van der Waals surface area contributed by atoms with Gasteiger partial charge in [0.05, 0.1) is 0 Å². The van der Waals surface area contributed by atoms with Crippen molar-refractivity contribution in [1.29, 1.82) is 0 Å². The highest BCUT2D eigenvalue weighted by molar-refractivity contribution is 5.75. The van der Waals surface area contributed by atoms with Crippen LogP contribution in [0.25, 0.3) is 0 Å². The van der Waals surface area contributed by atoms with Crippen LogP contribution in [0.4, 0.5) is 4.79 Å². The van der Waals surface area contributed by atoms with Crippen LogP contribution in [-0.2, 0) is 0 Å². The number of hydrogen-bond acceptors (Lipinski definition) is 2. The largest absolute Gasteiger partial charge is 0.326 e. The number of rotatable bonds is 0. The van der Waals surface area contributed by atoms with Gasteiger partial charge in [0.2, 0.25) is 0 Å². The molecule has 0 spiro atoms. The van der Waals surface area contributed by atoms with Crippen molar-refractivity contribution in [3.63, 3.8) is 0 Å². The molecule has 2 aliphatic rings. The second kappa shape index (κ2) is 3.77. The summed E-state index contributed by atoms with van der Waals surface area (Å²) < 4.78 is 0. The van der Waals surface area contributed by atoms with Gasteiger partial charge in [-0.2, -0.15) is 0 Å². The quantitative estimate of drug-likeness (QED) is 0.614. The van der Waals surface area contributed by atoms with Gasteiger partial charge in [-0.05, 0) is 18.8 Å². The van der Waals surface area contributed by atoms with E-state index in [0.717, 1.165) is 39.0 Å². The molecule has 4 heteroatoms. The highest BCUT2D eigenvalue weighted by Crippen LogP contribution is 2.18. The zero-order valence-electron chi connectivity index (χ0n) is 8.78. The zero-order chi connectivity index (χ0) is 10.1. The van der Waals surface area contributed by atoms with Crippen LogP contribution in [0.15, 0.2) is 0 Å². The normalized spacial score (nSPS) is 32.7. The van der Waals surface area contributed by atoms with Crippen molar-refractivity contribution in [2.75, 3.05) is 26.2 Å². The zero-order valence-corrected chi connectivity index (χ0v) is 8.78. The summed E-state index contributed by atoms with van der Waals surface area (Å²) in [4.78, 5) is 15.8. The number of nitrogens with two attached hydrogens (primary N) is 1. The van der Waals surface area contributed by atoms with Crippen molar-refractivity contribution < 1.29 is 4.79 Å². The third-order valence-electron chi connectivity index (χ3n) is 3.32. The summed E-state index contributed by atoms with van der Waals surface area (Å²) in [5, 5.41) is 0. The summed E-state index contributed by atoms with van der Waals surface area (Å²) in [5.74, 6) is 0.446. The Morgan fingerprint density at radius 2 is 1.86 bits per heavy atom. The van der Waals surface area contributed by atoms with Crippen LogP contribution >= 0.6 is 0 Å². The van der Waals surface area contributed by atoms with Crippen molar-refractivity contribution in [2.24, 2.45) is 11.7 Å². The van der Waals surface area contributed by atoms with Gasteiger partial charge in [0.25, 0.3) is 0 Å². The first-order valence-electron chi connectivity index (χ1n) is 5.48. The molecule has 2 fully saturated rings. The number of urea groups is 1. The van der Waals surface area contributed by atoms with Gasteiger partial charge >= 0.3 is 6.03 Å². The van der Waals surface area contributed by atoms with Crippen molar-refractivity contribution in [3.8, 4) is 0 Å². The van der Waals surface area contributed by atoms with Gasteiger partial charge in [0.1, 0.15) is 0 Å². The maximum absolute atomic E-state index is 11.9. The fourth-order valence-corrected chi connectivity index (χ4v) is 2.26. The van der Waals surface area contributed by atoms with E-state index >= 15 is 0 Å². The lowest BCUT2D eigenvalue weighted by Crippen LogP contribution is -2.41. The second-order valence-corrected chi connectivity index (χ2v) is 4.52. The number of carbonyl (C=O) groups is 1. The van der Waals surface area contributed by atoms with Gasteiger partial charge in [-0.15, -0.1) is 0 Å². The van der Waals surface area contributed by atoms with Crippen molar-refractivity contribution in [1.82, 2.24) is 9.80 Å². The molecule has 0 aromatic carbocycles. The topological polar surface area (TPSA) is 49.6 Å². The summed E-state index contributed by atoms with van der Waals surface area (Å²) in [7, 11) is 0. The maximum atomic E-state index is 11.9. The monoisotopic (exact) mass is 197 g/mol. The summed E-state index contributed by atoms with van der Waals surface area (Å²) in [6.45, 7) is 5.53. The Morgan fingerprint density at radius 1 is 1.21 bits per heavy atom. The molecule has 0 saturated carbocycles. The molecular formula is C10H19N3O. The van der Waals surface area contributed by atoms with Crippen molar-refractivity contribution >= 4 is 6.03 Å². The Labute approximate surface area is 85.0 Å². The van der Waals surface area contributed by atoms with E-state index in [4.69, 9.17) is 5.73 Å². The molecule has 0 radical (unpaired) electrons. The summed E-state index contributed by atoms with van der Waals surface area (Å²) >= 11 is 0. The van der Waals surface area contributed by atoms with Gasteiger partial charge in [-0.25, -0.2) is 4.79 Å². The predicted octanol–water partition coefficient (Wildman–Crippen LogP) is 0.481. The SMILES string of the molecule is CC1CN(C(=O)N2CCCC2)CC1N. The molecule has 2 amide bonds. The average molecular weight is 197 g/mol. The maximum Gasteiger partial charge on any atom is 0.320 e. The number of likely N-dealkylation sites (tertiary alicyclic amines) is 2. The molecule has 14 heavy (non-hydrogen) atoms. The molecular weight excluding hydrogens is 178 g/mol. The van der Waals surface area contributed by atoms with Crippen LogP contribution in [0.1, 0.15) is 19.8 Å². The Hall–Kier alpha value is -0.770. The summed E-state index contributed by atoms with van der Waals surface area (Å²) in [6.07, 6.45) is 2.31. The van der Waals surface area contributed by atoms with Gasteiger partial charge in [-0.1, -0.05) is 6.92 Å². The van der Waals surface area contributed by atoms with Crippen LogP contribution < -0.4 is 5.73 Å². The lowest BCUT2D eigenvalue weighted by molar-refractivity contribution is 0.171. The van der Waals surface area contributed by atoms with Crippen LogP contribution in [0.2, 0.25) is 0 Å². The minimum atomic E-state index is 0.168. The first-order valence-corrected chi connectivity index (χ1v) is 5.48. The van der Waals surface area contributed by atoms with Gasteiger partial charge in [0.15, 0.2) is 0 Å². The molecule has 2 atom stereocenters. The van der Waals surface area contributed by atoms with E-state index < -0.39 is 0 Å². The van der Waals surface area contributed by atoms with E-state index in [1.54, 1.807) is 0 Å². The van der Waals surface area contributed by atoms with Crippen LogP contribution in [0, 0.1) is 5.92 Å². The first-order chi connectivity index (χ1) is 6.68. The molecule has 4 nitrogen and oxygen atoms in total. The highest BCUT2D eigenvalue weighted by atomic mass is 16.2. The molecule has 2 N–H and O–H groups in total. The fraction of sp³-hybridized carbons (Fsp3) is 0.900. The Kier molecular flexibility index (Phi) is 2.63. The summed E-state index contributed by atoms with van der Waals surface area (Å²) in [5.41, 5.74) is 5.89. The molecule has 0 bridgehead atoms. The molecule has 2 saturated heterocycles. The fourth-order valence-electron chi connectivity index (χ4n) is 2.26. The minimum absolute atomic E-state index is 0.168. The van der Waals surface area contributed by atoms with Crippen LogP contribution in [0.5, 0.6) is 0 Å². The molecule has 2 unspecified atom stereocenters. The van der Waals surface area contributed by atoms with Crippen LogP contribution in [-0.4, -0.2) is 48.1 Å². The molecule has 0 aromatic heterocycles. The molecule has 2 rings (SSSR count). The highest BCUT2D eigenvalue weighted by Gasteiger charge is 2.32. The summed E-state index contributed by atoms with van der Waals surface area (Å²) in [6, 6.07) is 0.365. The van der Waals surface area contributed by atoms with E-state index in [1.165, 1.54) is 0 Å².